The molecule has 0 heterocycles. The topological polar surface area (TPSA) is 54.2 Å². The summed E-state index contributed by atoms with van der Waals surface area (Å²) in [5, 5.41) is 17.5. The van der Waals surface area contributed by atoms with Gasteiger partial charge in [-0.3, -0.25) is 0 Å². The van der Waals surface area contributed by atoms with Crippen LogP contribution in [0.25, 0.3) is 0 Å². The number of aromatic hydroxyl groups is 1. The minimum atomic E-state index is 0.133. The first kappa shape index (κ1) is 14.3. The maximum atomic E-state index is 9.67. The minimum absolute atomic E-state index is 0.133. The van der Waals surface area contributed by atoms with Crippen molar-refractivity contribution in [1.82, 2.24) is 0 Å². The normalized spacial score (nSPS) is 11.3. The zero-order chi connectivity index (χ0) is 14.4. The van der Waals surface area contributed by atoms with Gasteiger partial charge in [0.2, 0.25) is 0 Å². The van der Waals surface area contributed by atoms with E-state index in [2.05, 4.69) is 26.1 Å². The molecule has 0 saturated heterocycles. The molecule has 20 heavy (non-hydrogen) atoms. The van der Waals surface area contributed by atoms with Crippen molar-refractivity contribution in [3.05, 3.63) is 58.1 Å². The van der Waals surface area contributed by atoms with Crippen molar-refractivity contribution < 1.29 is 9.84 Å². The van der Waals surface area contributed by atoms with Crippen LogP contribution < -0.4 is 4.74 Å². The van der Waals surface area contributed by atoms with Gasteiger partial charge in [0, 0.05) is 10.0 Å². The van der Waals surface area contributed by atoms with Gasteiger partial charge in [0.1, 0.15) is 11.5 Å². The van der Waals surface area contributed by atoms with Crippen LogP contribution in [0.4, 0.5) is 0 Å². The number of methoxy groups -OCH3 is 1. The lowest BCUT2D eigenvalue weighted by Gasteiger charge is -2.01. The predicted octanol–water partition coefficient (Wildman–Crippen LogP) is 3.62. The average Bonchev–Trinajstić information content (AvgIpc) is 2.47. The Morgan fingerprint density at radius 3 is 2.45 bits per heavy atom. The number of phenols is 1. The Bertz CT molecular complexity index is 637. The summed E-state index contributed by atoms with van der Waals surface area (Å²) in [5.74, 6) is 0.787. The van der Waals surface area contributed by atoms with E-state index in [0.717, 1.165) is 10.0 Å². The second-order valence-electron chi connectivity index (χ2n) is 3.97. The van der Waals surface area contributed by atoms with Gasteiger partial charge in [-0.15, -0.1) is 0 Å². The fourth-order valence-electron chi connectivity index (χ4n) is 1.51. The highest BCUT2D eigenvalue weighted by Gasteiger charge is 1.99. The number of halogens is 1. The molecule has 0 atom stereocenters. The Labute approximate surface area is 125 Å². The summed E-state index contributed by atoms with van der Waals surface area (Å²) in [6.07, 6.45) is 3.12. The zero-order valence-corrected chi connectivity index (χ0v) is 12.4. The van der Waals surface area contributed by atoms with Crippen LogP contribution in [-0.4, -0.2) is 24.6 Å². The van der Waals surface area contributed by atoms with Crippen molar-refractivity contribution in [2.24, 2.45) is 10.2 Å². The molecule has 0 spiro atoms. The molecule has 0 fully saturated rings. The Kier molecular flexibility index (Phi) is 4.90. The average molecular weight is 333 g/mol. The molecule has 0 bridgehead atoms. The molecule has 0 unspecified atom stereocenters. The van der Waals surface area contributed by atoms with Crippen molar-refractivity contribution in [1.29, 1.82) is 0 Å². The molecule has 0 amide bonds. The van der Waals surface area contributed by atoms with Crippen LogP contribution >= 0.6 is 15.9 Å². The maximum absolute atomic E-state index is 9.67. The summed E-state index contributed by atoms with van der Waals surface area (Å²) in [6.45, 7) is 0. The molecule has 1 N–H and O–H groups in total. The third kappa shape index (κ3) is 3.93. The second kappa shape index (κ2) is 6.86. The minimum Gasteiger partial charge on any atom is -0.507 e. The maximum Gasteiger partial charge on any atom is 0.124 e. The third-order valence-corrected chi connectivity index (χ3v) is 3.10. The number of phenolic OH excluding ortho intramolecular Hbond substituents is 1. The summed E-state index contributed by atoms with van der Waals surface area (Å²) >= 11 is 3.37. The Morgan fingerprint density at radius 1 is 1.05 bits per heavy atom. The zero-order valence-electron chi connectivity index (χ0n) is 10.8. The first-order valence-electron chi connectivity index (χ1n) is 5.88. The Morgan fingerprint density at radius 2 is 1.75 bits per heavy atom. The molecule has 2 aromatic rings. The number of hydrogen-bond acceptors (Lipinski definition) is 4. The highest BCUT2D eigenvalue weighted by Crippen LogP contribution is 2.21. The summed E-state index contributed by atoms with van der Waals surface area (Å²) in [4.78, 5) is 0. The largest absolute Gasteiger partial charge is 0.507 e. The quantitative estimate of drug-likeness (QED) is 0.686. The van der Waals surface area contributed by atoms with Crippen LogP contribution in [0, 0.1) is 0 Å². The molecule has 102 valence electrons. The molecule has 2 aromatic carbocycles. The van der Waals surface area contributed by atoms with Gasteiger partial charge in [0.25, 0.3) is 0 Å². The number of rotatable bonds is 4. The van der Waals surface area contributed by atoms with Crippen LogP contribution in [-0.2, 0) is 0 Å². The van der Waals surface area contributed by atoms with E-state index in [-0.39, 0.29) is 5.75 Å². The monoisotopic (exact) mass is 332 g/mol. The number of nitrogens with zero attached hydrogens (tertiary/aromatic N) is 2. The molecule has 0 aliphatic carbocycles. The third-order valence-electron chi connectivity index (χ3n) is 2.57. The van der Waals surface area contributed by atoms with Gasteiger partial charge in [-0.1, -0.05) is 28.1 Å². The molecule has 5 heteroatoms. The second-order valence-corrected chi connectivity index (χ2v) is 4.88. The van der Waals surface area contributed by atoms with Crippen LogP contribution in [0.1, 0.15) is 11.1 Å². The van der Waals surface area contributed by atoms with Gasteiger partial charge in [0.05, 0.1) is 19.5 Å². The van der Waals surface area contributed by atoms with Gasteiger partial charge < -0.3 is 9.84 Å². The SMILES string of the molecule is COc1ccc(O)c(/C=N/N=C\c2ccc(Br)cc2)c1. The number of benzene rings is 2. The van der Waals surface area contributed by atoms with Gasteiger partial charge >= 0.3 is 0 Å². The molecule has 0 aliphatic heterocycles. The molecule has 0 saturated carbocycles. The highest BCUT2D eigenvalue weighted by atomic mass is 79.9. The fourth-order valence-corrected chi connectivity index (χ4v) is 1.77. The summed E-state index contributed by atoms with van der Waals surface area (Å²) in [7, 11) is 1.57. The standard InChI is InChI=1S/C15H13BrN2O2/c1-20-14-6-7-15(19)12(8-14)10-18-17-9-11-2-4-13(16)5-3-11/h2-10,19H,1H3/b17-9-,18-10+. The van der Waals surface area contributed by atoms with E-state index >= 15 is 0 Å². The van der Waals surface area contributed by atoms with Gasteiger partial charge in [-0.25, -0.2) is 0 Å². The van der Waals surface area contributed by atoms with Crippen molar-refractivity contribution >= 4 is 28.4 Å². The number of hydrogen-bond donors (Lipinski definition) is 1. The highest BCUT2D eigenvalue weighted by molar-refractivity contribution is 9.10. The van der Waals surface area contributed by atoms with E-state index in [4.69, 9.17) is 4.74 Å². The van der Waals surface area contributed by atoms with Crippen LogP contribution in [0.15, 0.2) is 57.1 Å². The first-order chi connectivity index (χ1) is 9.69. The molecule has 2 rings (SSSR count). The summed E-state index contributed by atoms with van der Waals surface area (Å²) < 4.78 is 6.09. The summed E-state index contributed by atoms with van der Waals surface area (Å²) in [5.41, 5.74) is 1.50. The van der Waals surface area contributed by atoms with Crippen molar-refractivity contribution in [3.8, 4) is 11.5 Å². The smallest absolute Gasteiger partial charge is 0.124 e. The van der Waals surface area contributed by atoms with Gasteiger partial charge in [-0.2, -0.15) is 10.2 Å². The summed E-state index contributed by atoms with van der Waals surface area (Å²) in [6, 6.07) is 12.6. The number of ether oxygens (including phenoxy) is 1. The van der Waals surface area contributed by atoms with E-state index in [1.807, 2.05) is 24.3 Å². The van der Waals surface area contributed by atoms with E-state index in [0.29, 0.717) is 11.3 Å². The molecule has 0 radical (unpaired) electrons. The first-order valence-corrected chi connectivity index (χ1v) is 6.67. The van der Waals surface area contributed by atoms with Crippen LogP contribution in [0.5, 0.6) is 11.5 Å². The van der Waals surface area contributed by atoms with E-state index in [9.17, 15) is 5.11 Å². The molecular weight excluding hydrogens is 320 g/mol. The molecular formula is C15H13BrN2O2. The Hall–Kier alpha value is -2.14. The van der Waals surface area contributed by atoms with Crippen LogP contribution in [0.3, 0.4) is 0 Å². The van der Waals surface area contributed by atoms with Crippen molar-refractivity contribution in [2.45, 2.75) is 0 Å². The predicted molar refractivity (Wildman–Crippen MR) is 84.0 cm³/mol. The van der Waals surface area contributed by atoms with E-state index < -0.39 is 0 Å². The molecule has 0 aliphatic rings. The van der Waals surface area contributed by atoms with Gasteiger partial charge in [0.15, 0.2) is 0 Å². The van der Waals surface area contributed by atoms with E-state index in [1.165, 1.54) is 6.21 Å². The lowest BCUT2D eigenvalue weighted by atomic mass is 10.2. The van der Waals surface area contributed by atoms with Crippen LogP contribution in [0.2, 0.25) is 0 Å². The lowest BCUT2D eigenvalue weighted by Crippen LogP contribution is -1.87. The lowest BCUT2D eigenvalue weighted by molar-refractivity contribution is 0.412. The van der Waals surface area contributed by atoms with Crippen molar-refractivity contribution in [2.75, 3.05) is 7.11 Å². The van der Waals surface area contributed by atoms with Crippen molar-refractivity contribution in [3.63, 3.8) is 0 Å². The fraction of sp³-hybridized carbons (Fsp3) is 0.0667. The molecule has 4 nitrogen and oxygen atoms in total. The Balaban J connectivity index is 2.08. The molecule has 0 aromatic heterocycles. The van der Waals surface area contributed by atoms with E-state index in [1.54, 1.807) is 31.5 Å². The van der Waals surface area contributed by atoms with Gasteiger partial charge in [-0.05, 0) is 35.9 Å².